The van der Waals surface area contributed by atoms with Crippen molar-refractivity contribution in [2.24, 2.45) is 0 Å². The van der Waals surface area contributed by atoms with Crippen LogP contribution >= 0.6 is 0 Å². The molecular formula is C9H5F3N4O. The molecule has 0 aliphatic heterocycles. The van der Waals surface area contributed by atoms with Gasteiger partial charge in [-0.3, -0.25) is 0 Å². The van der Waals surface area contributed by atoms with Gasteiger partial charge in [-0.05, 0) is 0 Å². The average Bonchev–Trinajstić information content (AvgIpc) is 2.15. The Labute approximate surface area is 93.8 Å². The molecular weight excluding hydrogens is 237 g/mol. The molecule has 8 heteroatoms. The summed E-state index contributed by atoms with van der Waals surface area (Å²) < 4.78 is 39.4. The van der Waals surface area contributed by atoms with Gasteiger partial charge in [-0.15, -0.1) is 13.2 Å². The molecule has 0 unspecified atom stereocenters. The number of rotatable bonds is 2. The van der Waals surface area contributed by atoms with E-state index in [0.29, 0.717) is 0 Å². The molecule has 0 aliphatic rings. The van der Waals surface area contributed by atoms with Gasteiger partial charge in [0, 0.05) is 6.07 Å². The molecule has 0 saturated carbocycles. The predicted molar refractivity (Wildman–Crippen MR) is 49.4 cm³/mol. The second kappa shape index (κ2) is 4.58. The third-order valence-electron chi connectivity index (χ3n) is 1.68. The van der Waals surface area contributed by atoms with Crippen LogP contribution in [-0.4, -0.2) is 11.3 Å². The van der Waals surface area contributed by atoms with Gasteiger partial charge in [0.2, 0.25) is 5.88 Å². The monoisotopic (exact) mass is 242 g/mol. The molecule has 0 fully saturated rings. The summed E-state index contributed by atoms with van der Waals surface area (Å²) in [6, 6.07) is 4.12. The van der Waals surface area contributed by atoms with Crippen LogP contribution < -0.4 is 10.5 Å². The number of hydrogen-bond donors (Lipinski definition) is 1. The molecule has 0 saturated heterocycles. The Morgan fingerprint density at radius 1 is 1.41 bits per heavy atom. The number of hydrogen-bond acceptors (Lipinski definition) is 5. The first-order chi connectivity index (χ1) is 7.87. The predicted octanol–water partition coefficient (Wildman–Crippen LogP) is 1.50. The van der Waals surface area contributed by atoms with Crippen LogP contribution in [0, 0.1) is 22.7 Å². The van der Waals surface area contributed by atoms with Gasteiger partial charge in [0.25, 0.3) is 0 Å². The number of anilines is 1. The van der Waals surface area contributed by atoms with Crippen molar-refractivity contribution >= 4 is 5.69 Å². The molecule has 0 radical (unpaired) electrons. The maximum atomic E-state index is 11.9. The van der Waals surface area contributed by atoms with E-state index in [1.807, 2.05) is 0 Å². The normalized spacial score (nSPS) is 10.4. The molecule has 5 nitrogen and oxygen atoms in total. The van der Waals surface area contributed by atoms with Crippen LogP contribution in [-0.2, 0) is 6.42 Å². The lowest BCUT2D eigenvalue weighted by atomic mass is 10.1. The molecule has 0 aromatic carbocycles. The summed E-state index contributed by atoms with van der Waals surface area (Å²) in [5.74, 6) is -0.792. The van der Waals surface area contributed by atoms with Gasteiger partial charge in [0.05, 0.1) is 29.4 Å². The van der Waals surface area contributed by atoms with Crippen molar-refractivity contribution in [2.45, 2.75) is 12.8 Å². The van der Waals surface area contributed by atoms with E-state index in [1.54, 1.807) is 12.1 Å². The molecule has 0 spiro atoms. The number of halogens is 3. The van der Waals surface area contributed by atoms with Crippen LogP contribution in [0.4, 0.5) is 18.9 Å². The molecule has 1 rings (SSSR count). The molecule has 1 aromatic rings. The summed E-state index contributed by atoms with van der Waals surface area (Å²) >= 11 is 0. The maximum Gasteiger partial charge on any atom is 0.574 e. The first kappa shape index (κ1) is 12.6. The Morgan fingerprint density at radius 3 is 2.53 bits per heavy atom. The standard InChI is InChI=1S/C9H5F3N4O/c10-9(11,12)17-8-3-6(15)5(4-14)7(16-8)1-2-13/h3H,1H2,(H2,15,16). The zero-order chi connectivity index (χ0) is 13.1. The summed E-state index contributed by atoms with van der Waals surface area (Å²) in [6.45, 7) is 0. The summed E-state index contributed by atoms with van der Waals surface area (Å²) in [4.78, 5) is 3.41. The van der Waals surface area contributed by atoms with Crippen molar-refractivity contribution in [2.75, 3.05) is 5.73 Å². The second-order valence-electron chi connectivity index (χ2n) is 2.87. The van der Waals surface area contributed by atoms with Gasteiger partial charge in [-0.2, -0.15) is 10.5 Å². The van der Waals surface area contributed by atoms with E-state index in [1.165, 1.54) is 0 Å². The first-order valence-electron chi connectivity index (χ1n) is 4.19. The Morgan fingerprint density at radius 2 is 2.06 bits per heavy atom. The van der Waals surface area contributed by atoms with Crippen molar-refractivity contribution in [3.8, 4) is 18.0 Å². The fourth-order valence-corrected chi connectivity index (χ4v) is 1.10. The highest BCUT2D eigenvalue weighted by Gasteiger charge is 2.32. The summed E-state index contributed by atoms with van der Waals surface area (Å²) in [5.41, 5.74) is 4.88. The zero-order valence-corrected chi connectivity index (χ0v) is 8.25. The lowest BCUT2D eigenvalue weighted by Gasteiger charge is -2.10. The molecule has 1 heterocycles. The van der Waals surface area contributed by atoms with E-state index in [4.69, 9.17) is 16.3 Å². The minimum absolute atomic E-state index is 0.124. The SMILES string of the molecule is N#CCc1nc(OC(F)(F)F)cc(N)c1C#N. The van der Waals surface area contributed by atoms with E-state index < -0.39 is 12.2 Å². The zero-order valence-electron chi connectivity index (χ0n) is 8.25. The second-order valence-corrected chi connectivity index (χ2v) is 2.87. The number of pyridine rings is 1. The molecule has 88 valence electrons. The van der Waals surface area contributed by atoms with Crippen LogP contribution in [0.2, 0.25) is 0 Å². The highest BCUT2D eigenvalue weighted by Crippen LogP contribution is 2.25. The molecule has 17 heavy (non-hydrogen) atoms. The summed E-state index contributed by atoms with van der Waals surface area (Å²) in [7, 11) is 0. The quantitative estimate of drug-likeness (QED) is 0.847. The largest absolute Gasteiger partial charge is 0.574 e. The molecule has 0 aliphatic carbocycles. The highest BCUT2D eigenvalue weighted by molar-refractivity contribution is 5.58. The van der Waals surface area contributed by atoms with Gasteiger partial charge in [-0.1, -0.05) is 0 Å². The van der Waals surface area contributed by atoms with Crippen LogP contribution in [0.1, 0.15) is 11.3 Å². The summed E-state index contributed by atoms with van der Waals surface area (Å²) in [6.07, 6.45) is -5.24. The van der Waals surface area contributed by atoms with E-state index in [0.717, 1.165) is 6.07 Å². The van der Waals surface area contributed by atoms with Gasteiger partial charge >= 0.3 is 6.36 Å². The van der Waals surface area contributed by atoms with E-state index in [9.17, 15) is 13.2 Å². The molecule has 0 atom stereocenters. The van der Waals surface area contributed by atoms with Crippen molar-refractivity contribution in [1.29, 1.82) is 10.5 Å². The minimum Gasteiger partial charge on any atom is -0.397 e. The van der Waals surface area contributed by atoms with E-state index in [2.05, 4.69) is 9.72 Å². The molecule has 0 amide bonds. The molecule has 1 aromatic heterocycles. The van der Waals surface area contributed by atoms with Gasteiger partial charge < -0.3 is 10.5 Å². The van der Waals surface area contributed by atoms with Crippen molar-refractivity contribution in [1.82, 2.24) is 4.98 Å². The fraction of sp³-hybridized carbons (Fsp3) is 0.222. The van der Waals surface area contributed by atoms with Crippen LogP contribution in [0.5, 0.6) is 5.88 Å². The Hall–Kier alpha value is -2.48. The van der Waals surface area contributed by atoms with Crippen LogP contribution in [0.25, 0.3) is 0 Å². The minimum atomic E-state index is -4.91. The first-order valence-corrected chi connectivity index (χ1v) is 4.19. The third kappa shape index (κ3) is 3.24. The number of nitrogens with two attached hydrogens (primary N) is 1. The number of alkyl halides is 3. The Bertz CT molecular complexity index is 513. The third-order valence-corrected chi connectivity index (χ3v) is 1.68. The van der Waals surface area contributed by atoms with Crippen molar-refractivity contribution < 1.29 is 17.9 Å². The Balaban J connectivity index is 3.22. The molecule has 2 N–H and O–H groups in total. The number of nitrogen functional groups attached to an aromatic ring is 1. The van der Waals surface area contributed by atoms with Gasteiger partial charge in [0.1, 0.15) is 6.07 Å². The van der Waals surface area contributed by atoms with Crippen molar-refractivity contribution in [3.63, 3.8) is 0 Å². The van der Waals surface area contributed by atoms with Crippen molar-refractivity contribution in [3.05, 3.63) is 17.3 Å². The lowest BCUT2D eigenvalue weighted by molar-refractivity contribution is -0.276. The lowest BCUT2D eigenvalue weighted by Crippen LogP contribution is -2.18. The van der Waals surface area contributed by atoms with E-state index in [-0.39, 0.29) is 23.4 Å². The highest BCUT2D eigenvalue weighted by atomic mass is 19.4. The number of nitriles is 2. The average molecular weight is 242 g/mol. The Kier molecular flexibility index (Phi) is 3.39. The van der Waals surface area contributed by atoms with E-state index >= 15 is 0 Å². The number of aromatic nitrogens is 1. The smallest absolute Gasteiger partial charge is 0.397 e. The van der Waals surface area contributed by atoms with Crippen LogP contribution in [0.3, 0.4) is 0 Å². The molecule has 0 bridgehead atoms. The fourth-order valence-electron chi connectivity index (χ4n) is 1.10. The number of nitrogens with zero attached hydrogens (tertiary/aromatic N) is 3. The summed E-state index contributed by atoms with van der Waals surface area (Å²) in [5, 5.41) is 17.2. The topological polar surface area (TPSA) is 95.7 Å². The van der Waals surface area contributed by atoms with Gasteiger partial charge in [-0.25, -0.2) is 4.98 Å². The number of ether oxygens (including phenoxy) is 1. The van der Waals surface area contributed by atoms with Gasteiger partial charge in [0.15, 0.2) is 0 Å². The van der Waals surface area contributed by atoms with Crippen LogP contribution in [0.15, 0.2) is 6.07 Å². The maximum absolute atomic E-state index is 11.9.